The van der Waals surface area contributed by atoms with E-state index in [1.54, 1.807) is 7.05 Å². The predicted octanol–water partition coefficient (Wildman–Crippen LogP) is -0.296. The molecule has 0 bridgehead atoms. The summed E-state index contributed by atoms with van der Waals surface area (Å²) in [6.45, 7) is 0.150. The molecule has 0 saturated carbocycles. The standard InChI is InChI=1S/C9H11NO4/c1-10(4-5-11)9(13)7-2-3-8(12)14-6-7/h2-3,6,11H,4-5H2,1H3. The van der Waals surface area contributed by atoms with Gasteiger partial charge >= 0.3 is 5.63 Å². The minimum Gasteiger partial charge on any atom is -0.430 e. The van der Waals surface area contributed by atoms with Crippen LogP contribution in [0.4, 0.5) is 0 Å². The fourth-order valence-electron chi connectivity index (χ4n) is 0.952. The Morgan fingerprint density at radius 3 is 2.79 bits per heavy atom. The van der Waals surface area contributed by atoms with E-state index in [9.17, 15) is 9.59 Å². The third kappa shape index (κ3) is 2.43. The fourth-order valence-corrected chi connectivity index (χ4v) is 0.952. The van der Waals surface area contributed by atoms with Crippen molar-refractivity contribution in [3.8, 4) is 0 Å². The third-order valence-electron chi connectivity index (χ3n) is 1.73. The summed E-state index contributed by atoms with van der Waals surface area (Å²) < 4.78 is 4.54. The monoisotopic (exact) mass is 197 g/mol. The van der Waals surface area contributed by atoms with Crippen molar-refractivity contribution >= 4 is 5.91 Å². The smallest absolute Gasteiger partial charge is 0.335 e. The maximum absolute atomic E-state index is 11.5. The van der Waals surface area contributed by atoms with E-state index in [2.05, 4.69) is 4.42 Å². The van der Waals surface area contributed by atoms with Gasteiger partial charge in [0.05, 0.1) is 12.2 Å². The van der Waals surface area contributed by atoms with Crippen molar-refractivity contribution in [2.45, 2.75) is 0 Å². The number of hydrogen-bond donors (Lipinski definition) is 1. The highest BCUT2D eigenvalue weighted by Crippen LogP contribution is 2.00. The van der Waals surface area contributed by atoms with E-state index >= 15 is 0 Å². The van der Waals surface area contributed by atoms with Gasteiger partial charge in [-0.15, -0.1) is 0 Å². The molecule has 0 aromatic carbocycles. The van der Waals surface area contributed by atoms with Gasteiger partial charge in [0.2, 0.25) is 0 Å². The molecule has 1 amide bonds. The maximum Gasteiger partial charge on any atom is 0.335 e. The lowest BCUT2D eigenvalue weighted by Crippen LogP contribution is -2.29. The van der Waals surface area contributed by atoms with E-state index in [0.29, 0.717) is 5.56 Å². The average Bonchev–Trinajstić information content (AvgIpc) is 2.18. The highest BCUT2D eigenvalue weighted by Gasteiger charge is 2.11. The normalized spacial score (nSPS) is 9.86. The van der Waals surface area contributed by atoms with Crippen LogP contribution in [0.5, 0.6) is 0 Å². The summed E-state index contributed by atoms with van der Waals surface area (Å²) in [6.07, 6.45) is 1.11. The molecule has 1 rings (SSSR count). The van der Waals surface area contributed by atoms with Crippen LogP contribution in [-0.4, -0.2) is 36.1 Å². The second-order valence-electron chi connectivity index (χ2n) is 2.79. The number of aliphatic hydroxyl groups is 1. The molecule has 1 aromatic heterocycles. The van der Waals surface area contributed by atoms with Crippen LogP contribution < -0.4 is 5.63 Å². The molecular formula is C9H11NO4. The lowest BCUT2D eigenvalue weighted by Gasteiger charge is -2.14. The third-order valence-corrected chi connectivity index (χ3v) is 1.73. The largest absolute Gasteiger partial charge is 0.430 e. The average molecular weight is 197 g/mol. The zero-order chi connectivity index (χ0) is 10.6. The van der Waals surface area contributed by atoms with Crippen LogP contribution >= 0.6 is 0 Å². The van der Waals surface area contributed by atoms with Crippen molar-refractivity contribution in [3.63, 3.8) is 0 Å². The van der Waals surface area contributed by atoms with Gasteiger partial charge in [0.1, 0.15) is 6.26 Å². The molecular weight excluding hydrogens is 186 g/mol. The highest BCUT2D eigenvalue weighted by atomic mass is 16.4. The molecule has 0 aliphatic heterocycles. The Balaban J connectivity index is 2.79. The van der Waals surface area contributed by atoms with Crippen molar-refractivity contribution in [2.75, 3.05) is 20.2 Å². The Labute approximate surface area is 80.6 Å². The number of carbonyl (C=O) groups excluding carboxylic acids is 1. The minimum absolute atomic E-state index is 0.0982. The van der Waals surface area contributed by atoms with Gasteiger partial charge in [-0.1, -0.05) is 0 Å². The van der Waals surface area contributed by atoms with Gasteiger partial charge in [-0.25, -0.2) is 4.79 Å². The first-order chi connectivity index (χ1) is 6.65. The maximum atomic E-state index is 11.5. The van der Waals surface area contributed by atoms with E-state index in [0.717, 1.165) is 6.26 Å². The lowest BCUT2D eigenvalue weighted by atomic mass is 10.2. The zero-order valence-electron chi connectivity index (χ0n) is 7.77. The highest BCUT2D eigenvalue weighted by molar-refractivity contribution is 5.93. The number of aliphatic hydroxyl groups excluding tert-OH is 1. The van der Waals surface area contributed by atoms with Crippen LogP contribution in [0.3, 0.4) is 0 Å². The summed E-state index contributed by atoms with van der Waals surface area (Å²) in [5.74, 6) is -0.289. The summed E-state index contributed by atoms with van der Waals surface area (Å²) >= 11 is 0. The van der Waals surface area contributed by atoms with Crippen LogP contribution in [0.2, 0.25) is 0 Å². The van der Waals surface area contributed by atoms with E-state index < -0.39 is 5.63 Å². The van der Waals surface area contributed by atoms with Crippen molar-refractivity contribution in [1.82, 2.24) is 4.90 Å². The molecule has 0 aliphatic rings. The van der Waals surface area contributed by atoms with E-state index in [1.807, 2.05) is 0 Å². The van der Waals surface area contributed by atoms with E-state index in [1.165, 1.54) is 17.0 Å². The molecule has 0 spiro atoms. The van der Waals surface area contributed by atoms with Crippen LogP contribution in [-0.2, 0) is 0 Å². The Kier molecular flexibility index (Phi) is 3.41. The fraction of sp³-hybridized carbons (Fsp3) is 0.333. The van der Waals surface area contributed by atoms with Crippen LogP contribution in [0.1, 0.15) is 10.4 Å². The molecule has 0 fully saturated rings. The summed E-state index contributed by atoms with van der Waals surface area (Å²) in [4.78, 5) is 23.4. The van der Waals surface area contributed by atoms with Gasteiger partial charge in [-0.05, 0) is 6.07 Å². The molecule has 0 radical (unpaired) electrons. The molecule has 1 heterocycles. The molecule has 0 atom stereocenters. The summed E-state index contributed by atoms with van der Waals surface area (Å²) in [7, 11) is 1.56. The first-order valence-corrected chi connectivity index (χ1v) is 4.10. The number of hydrogen-bond acceptors (Lipinski definition) is 4. The molecule has 5 nitrogen and oxygen atoms in total. The van der Waals surface area contributed by atoms with Crippen molar-refractivity contribution < 1.29 is 14.3 Å². The number of carbonyl (C=O) groups is 1. The Hall–Kier alpha value is -1.62. The number of likely N-dealkylation sites (N-methyl/N-ethyl adjacent to an activating group) is 1. The van der Waals surface area contributed by atoms with Crippen molar-refractivity contribution in [2.24, 2.45) is 0 Å². The molecule has 1 N–H and O–H groups in total. The second-order valence-corrected chi connectivity index (χ2v) is 2.79. The molecule has 1 aromatic rings. The molecule has 76 valence electrons. The number of nitrogens with zero attached hydrogens (tertiary/aromatic N) is 1. The molecule has 0 saturated heterocycles. The SMILES string of the molecule is CN(CCO)C(=O)c1ccc(=O)oc1. The first kappa shape index (κ1) is 10.5. The number of rotatable bonds is 3. The first-order valence-electron chi connectivity index (χ1n) is 4.10. The molecule has 0 unspecified atom stereocenters. The molecule has 14 heavy (non-hydrogen) atoms. The zero-order valence-corrected chi connectivity index (χ0v) is 7.77. The predicted molar refractivity (Wildman–Crippen MR) is 49.0 cm³/mol. The summed E-state index contributed by atoms with van der Waals surface area (Å²) in [5, 5.41) is 8.61. The Morgan fingerprint density at radius 1 is 1.57 bits per heavy atom. The van der Waals surface area contributed by atoms with Crippen LogP contribution in [0, 0.1) is 0 Å². The molecule has 0 aliphatic carbocycles. The summed E-state index contributed by atoms with van der Waals surface area (Å²) in [6, 6.07) is 2.57. The van der Waals surface area contributed by atoms with Gasteiger partial charge in [0.15, 0.2) is 0 Å². The van der Waals surface area contributed by atoms with Gasteiger partial charge in [0.25, 0.3) is 5.91 Å². The van der Waals surface area contributed by atoms with Gasteiger partial charge < -0.3 is 14.4 Å². The Bertz CT molecular complexity index is 351. The van der Waals surface area contributed by atoms with Gasteiger partial charge in [-0.3, -0.25) is 4.79 Å². The second kappa shape index (κ2) is 4.57. The lowest BCUT2D eigenvalue weighted by molar-refractivity contribution is 0.0764. The van der Waals surface area contributed by atoms with Crippen LogP contribution in [0.25, 0.3) is 0 Å². The van der Waals surface area contributed by atoms with Crippen molar-refractivity contribution in [3.05, 3.63) is 34.4 Å². The summed E-state index contributed by atoms with van der Waals surface area (Å²) in [5.41, 5.74) is -0.202. The Morgan fingerprint density at radius 2 is 2.29 bits per heavy atom. The molecule has 5 heteroatoms. The minimum atomic E-state index is -0.494. The van der Waals surface area contributed by atoms with Crippen LogP contribution in [0.15, 0.2) is 27.6 Å². The number of amides is 1. The van der Waals surface area contributed by atoms with E-state index in [4.69, 9.17) is 5.11 Å². The van der Waals surface area contributed by atoms with Gasteiger partial charge in [0, 0.05) is 19.7 Å². The van der Waals surface area contributed by atoms with Crippen molar-refractivity contribution in [1.29, 1.82) is 0 Å². The topological polar surface area (TPSA) is 70.8 Å². The van der Waals surface area contributed by atoms with Gasteiger partial charge in [-0.2, -0.15) is 0 Å². The van der Waals surface area contributed by atoms with E-state index in [-0.39, 0.29) is 19.1 Å². The quantitative estimate of drug-likeness (QED) is 0.722.